The van der Waals surface area contributed by atoms with Gasteiger partial charge in [-0.3, -0.25) is 14.4 Å². The number of aryl methyl sites for hydroxylation is 1. The molecule has 38 heavy (non-hydrogen) atoms. The van der Waals surface area contributed by atoms with E-state index in [2.05, 4.69) is 20.8 Å². The van der Waals surface area contributed by atoms with E-state index < -0.39 is 0 Å². The van der Waals surface area contributed by atoms with E-state index in [-0.39, 0.29) is 29.5 Å². The number of ether oxygens (including phenoxy) is 1. The average molecular weight is 537 g/mol. The summed E-state index contributed by atoms with van der Waals surface area (Å²) in [6.07, 6.45) is 0. The average Bonchev–Trinajstić information content (AvgIpc) is 3.35. The van der Waals surface area contributed by atoms with Crippen molar-refractivity contribution in [3.05, 3.63) is 71.0 Å². The fourth-order valence-electron chi connectivity index (χ4n) is 4.20. The summed E-state index contributed by atoms with van der Waals surface area (Å²) < 4.78 is 7.20. The number of anilines is 1. The van der Waals surface area contributed by atoms with Crippen LogP contribution >= 0.6 is 11.8 Å². The van der Waals surface area contributed by atoms with Gasteiger partial charge in [0.2, 0.25) is 5.91 Å². The maximum absolute atomic E-state index is 12.7. The summed E-state index contributed by atoms with van der Waals surface area (Å²) in [6, 6.07) is 14.0. The SMILES string of the molecule is CCn1c(SCC(=O)Nc2cccc(C(=O)N3CCOCC3)c2)nnc1[C@H](C)NC(=O)c1ccccc1C. The molecule has 0 bridgehead atoms. The van der Waals surface area contributed by atoms with Gasteiger partial charge in [0, 0.05) is 36.4 Å². The first-order valence-corrected chi connectivity index (χ1v) is 13.5. The summed E-state index contributed by atoms with van der Waals surface area (Å²) in [6.45, 7) is 8.47. The van der Waals surface area contributed by atoms with Crippen molar-refractivity contribution in [2.75, 3.05) is 37.4 Å². The van der Waals surface area contributed by atoms with Gasteiger partial charge in [0.05, 0.1) is 25.0 Å². The summed E-state index contributed by atoms with van der Waals surface area (Å²) in [5, 5.41) is 15.0. The Hall–Kier alpha value is -3.70. The van der Waals surface area contributed by atoms with E-state index in [1.165, 1.54) is 11.8 Å². The van der Waals surface area contributed by atoms with Gasteiger partial charge in [0.1, 0.15) is 0 Å². The Balaban J connectivity index is 1.35. The lowest BCUT2D eigenvalue weighted by molar-refractivity contribution is -0.113. The summed E-state index contributed by atoms with van der Waals surface area (Å²) >= 11 is 1.26. The minimum absolute atomic E-state index is 0.0778. The van der Waals surface area contributed by atoms with Crippen molar-refractivity contribution in [2.45, 2.75) is 38.5 Å². The molecule has 3 aromatic rings. The lowest BCUT2D eigenvalue weighted by Gasteiger charge is -2.27. The molecule has 10 nitrogen and oxygen atoms in total. The van der Waals surface area contributed by atoms with Crippen LogP contribution in [0.3, 0.4) is 0 Å². The van der Waals surface area contributed by atoms with Crippen molar-refractivity contribution in [3.63, 3.8) is 0 Å². The molecular weight excluding hydrogens is 504 g/mol. The van der Waals surface area contributed by atoms with E-state index in [0.717, 1.165) is 5.56 Å². The molecule has 0 spiro atoms. The molecule has 1 aromatic heterocycles. The lowest BCUT2D eigenvalue weighted by Crippen LogP contribution is -2.40. The fourth-order valence-corrected chi connectivity index (χ4v) is 5.01. The van der Waals surface area contributed by atoms with E-state index >= 15 is 0 Å². The lowest BCUT2D eigenvalue weighted by atomic mass is 10.1. The van der Waals surface area contributed by atoms with Gasteiger partial charge >= 0.3 is 0 Å². The third kappa shape index (κ3) is 6.59. The second kappa shape index (κ2) is 12.7. The molecule has 1 aliphatic rings. The third-order valence-electron chi connectivity index (χ3n) is 6.21. The number of hydrogen-bond acceptors (Lipinski definition) is 7. The molecule has 0 saturated carbocycles. The fraction of sp³-hybridized carbons (Fsp3) is 0.370. The van der Waals surface area contributed by atoms with Gasteiger partial charge in [0.25, 0.3) is 11.8 Å². The monoisotopic (exact) mass is 536 g/mol. The topological polar surface area (TPSA) is 118 Å². The highest BCUT2D eigenvalue weighted by molar-refractivity contribution is 7.99. The van der Waals surface area contributed by atoms with E-state index in [0.29, 0.717) is 60.6 Å². The molecule has 2 N–H and O–H groups in total. The number of nitrogens with zero attached hydrogens (tertiary/aromatic N) is 4. The largest absolute Gasteiger partial charge is 0.378 e. The molecule has 1 aliphatic heterocycles. The van der Waals surface area contributed by atoms with Crippen molar-refractivity contribution in [1.82, 2.24) is 25.0 Å². The second-order valence-corrected chi connectivity index (χ2v) is 9.86. The molecule has 0 radical (unpaired) electrons. The van der Waals surface area contributed by atoms with Gasteiger partial charge in [0.15, 0.2) is 11.0 Å². The maximum Gasteiger partial charge on any atom is 0.254 e. The number of morpholine rings is 1. The van der Waals surface area contributed by atoms with Crippen LogP contribution in [0.4, 0.5) is 5.69 Å². The molecule has 3 amide bonds. The number of amides is 3. The van der Waals surface area contributed by atoms with Gasteiger partial charge in [-0.1, -0.05) is 36.0 Å². The van der Waals surface area contributed by atoms with Crippen LogP contribution in [0.25, 0.3) is 0 Å². The first-order chi connectivity index (χ1) is 18.4. The molecule has 200 valence electrons. The molecule has 1 atom stereocenters. The molecule has 2 heterocycles. The van der Waals surface area contributed by atoms with Gasteiger partial charge in [-0.15, -0.1) is 10.2 Å². The summed E-state index contributed by atoms with van der Waals surface area (Å²) in [4.78, 5) is 39.9. The van der Waals surface area contributed by atoms with E-state index in [1.54, 1.807) is 35.2 Å². The zero-order valence-electron chi connectivity index (χ0n) is 21.8. The summed E-state index contributed by atoms with van der Waals surface area (Å²) in [5.41, 5.74) is 2.59. The number of rotatable bonds is 9. The molecule has 4 rings (SSSR count). The van der Waals surface area contributed by atoms with Crippen LogP contribution in [-0.2, 0) is 16.1 Å². The molecule has 1 saturated heterocycles. The number of carbonyl (C=O) groups is 3. The molecule has 11 heteroatoms. The third-order valence-corrected chi connectivity index (χ3v) is 7.18. The first kappa shape index (κ1) is 27.3. The molecule has 1 fully saturated rings. The molecule has 2 aromatic carbocycles. The van der Waals surface area contributed by atoms with E-state index in [9.17, 15) is 14.4 Å². The van der Waals surface area contributed by atoms with Crippen molar-refractivity contribution in [1.29, 1.82) is 0 Å². The first-order valence-electron chi connectivity index (χ1n) is 12.6. The Morgan fingerprint density at radius 3 is 2.58 bits per heavy atom. The van der Waals surface area contributed by atoms with Crippen LogP contribution in [0, 0.1) is 6.92 Å². The predicted octanol–water partition coefficient (Wildman–Crippen LogP) is 3.30. The zero-order chi connectivity index (χ0) is 27.1. The van der Waals surface area contributed by atoms with Crippen molar-refractivity contribution >= 4 is 35.2 Å². The Bertz CT molecular complexity index is 1300. The molecule has 0 unspecified atom stereocenters. The number of benzene rings is 2. The number of thioether (sulfide) groups is 1. The second-order valence-electron chi connectivity index (χ2n) is 8.92. The normalized spacial score (nSPS) is 14.1. The minimum Gasteiger partial charge on any atom is -0.378 e. The quantitative estimate of drug-likeness (QED) is 0.403. The zero-order valence-corrected chi connectivity index (χ0v) is 22.6. The van der Waals surface area contributed by atoms with Gasteiger partial charge in [-0.2, -0.15) is 0 Å². The minimum atomic E-state index is -0.371. The van der Waals surface area contributed by atoms with E-state index in [1.807, 2.05) is 43.5 Å². The standard InChI is InChI=1S/C27H32N6O4S/c1-4-33-24(19(3)28-25(35)22-11-6-5-8-18(22)2)30-31-27(33)38-17-23(34)29-21-10-7-9-20(16-21)26(36)32-12-14-37-15-13-32/h5-11,16,19H,4,12-15,17H2,1-3H3,(H,28,35)(H,29,34)/t19-/m0/s1. The Morgan fingerprint density at radius 2 is 1.84 bits per heavy atom. The number of aromatic nitrogens is 3. The van der Waals surface area contributed by atoms with Crippen LogP contribution in [-0.4, -0.2) is 69.4 Å². The van der Waals surface area contributed by atoms with Gasteiger partial charge in [-0.25, -0.2) is 0 Å². The highest BCUT2D eigenvalue weighted by Crippen LogP contribution is 2.22. The van der Waals surface area contributed by atoms with Crippen molar-refractivity contribution in [3.8, 4) is 0 Å². The smallest absolute Gasteiger partial charge is 0.254 e. The van der Waals surface area contributed by atoms with Crippen LogP contribution in [0.5, 0.6) is 0 Å². The van der Waals surface area contributed by atoms with Gasteiger partial charge < -0.3 is 24.8 Å². The number of carbonyl (C=O) groups excluding carboxylic acids is 3. The maximum atomic E-state index is 12.7. The molecule has 0 aliphatic carbocycles. The predicted molar refractivity (Wildman–Crippen MR) is 145 cm³/mol. The van der Waals surface area contributed by atoms with Crippen molar-refractivity contribution in [2.24, 2.45) is 0 Å². The van der Waals surface area contributed by atoms with Crippen LogP contribution in [0.1, 0.15) is 52.0 Å². The van der Waals surface area contributed by atoms with Crippen LogP contribution in [0.15, 0.2) is 53.7 Å². The van der Waals surface area contributed by atoms with E-state index in [4.69, 9.17) is 4.74 Å². The summed E-state index contributed by atoms with van der Waals surface area (Å²) in [5.74, 6) is 0.255. The Labute approximate surface area is 226 Å². The number of hydrogen-bond donors (Lipinski definition) is 2. The highest BCUT2D eigenvalue weighted by atomic mass is 32.2. The van der Waals surface area contributed by atoms with Crippen LogP contribution in [0.2, 0.25) is 0 Å². The van der Waals surface area contributed by atoms with Crippen LogP contribution < -0.4 is 10.6 Å². The van der Waals surface area contributed by atoms with Gasteiger partial charge in [-0.05, 0) is 50.6 Å². The Morgan fingerprint density at radius 1 is 1.08 bits per heavy atom. The highest BCUT2D eigenvalue weighted by Gasteiger charge is 2.21. The summed E-state index contributed by atoms with van der Waals surface area (Å²) in [7, 11) is 0. The Kier molecular flexibility index (Phi) is 9.14. The number of nitrogens with one attached hydrogen (secondary N) is 2. The van der Waals surface area contributed by atoms with Crippen molar-refractivity contribution < 1.29 is 19.1 Å². The molecular formula is C27H32N6O4S.